The molecule has 3 nitrogen and oxygen atoms in total. The van der Waals surface area contributed by atoms with E-state index in [1.165, 1.54) is 11.1 Å². The van der Waals surface area contributed by atoms with Crippen molar-refractivity contribution in [3.05, 3.63) is 29.3 Å². The van der Waals surface area contributed by atoms with Crippen molar-refractivity contribution in [2.45, 2.75) is 32.4 Å². The first-order valence-electron chi connectivity index (χ1n) is 6.43. The second kappa shape index (κ2) is 6.34. The molecule has 1 aromatic carbocycles. The van der Waals surface area contributed by atoms with Crippen LogP contribution in [-0.2, 0) is 23.8 Å². The summed E-state index contributed by atoms with van der Waals surface area (Å²) in [5.41, 5.74) is 2.61. The number of hydrogen-bond donors (Lipinski definition) is 1. The SMILES string of the molecule is CC(CCS(C)=O)NCc1ccc2c(c1)CCO2. The Kier molecular flexibility index (Phi) is 4.78. The van der Waals surface area contributed by atoms with Crippen LogP contribution in [0.4, 0.5) is 0 Å². The first-order valence-corrected chi connectivity index (χ1v) is 8.16. The second-order valence-electron chi connectivity index (χ2n) is 4.89. The number of benzene rings is 1. The van der Waals surface area contributed by atoms with Gasteiger partial charge in [-0.15, -0.1) is 0 Å². The van der Waals surface area contributed by atoms with Crippen LogP contribution in [0, 0.1) is 0 Å². The fourth-order valence-electron chi connectivity index (χ4n) is 2.09. The lowest BCUT2D eigenvalue weighted by Gasteiger charge is -2.13. The van der Waals surface area contributed by atoms with Crippen LogP contribution in [0.1, 0.15) is 24.5 Å². The lowest BCUT2D eigenvalue weighted by Crippen LogP contribution is -2.27. The summed E-state index contributed by atoms with van der Waals surface area (Å²) >= 11 is 0. The van der Waals surface area contributed by atoms with E-state index >= 15 is 0 Å². The van der Waals surface area contributed by atoms with Gasteiger partial charge in [-0.1, -0.05) is 12.1 Å². The minimum Gasteiger partial charge on any atom is -0.493 e. The van der Waals surface area contributed by atoms with E-state index in [-0.39, 0.29) is 0 Å². The summed E-state index contributed by atoms with van der Waals surface area (Å²) in [6, 6.07) is 6.80. The zero-order valence-corrected chi connectivity index (χ0v) is 11.9. The third-order valence-corrected chi connectivity index (χ3v) is 4.06. The minimum atomic E-state index is -0.691. The molecule has 0 aromatic heterocycles. The molecule has 1 N–H and O–H groups in total. The Morgan fingerprint density at radius 3 is 3.11 bits per heavy atom. The van der Waals surface area contributed by atoms with Crippen LogP contribution in [0.15, 0.2) is 18.2 Å². The van der Waals surface area contributed by atoms with Gasteiger partial charge >= 0.3 is 0 Å². The fraction of sp³-hybridized carbons (Fsp3) is 0.571. The molecule has 1 aliphatic heterocycles. The van der Waals surface area contributed by atoms with Crippen molar-refractivity contribution >= 4 is 10.8 Å². The Balaban J connectivity index is 1.81. The molecule has 2 atom stereocenters. The molecular weight excluding hydrogens is 246 g/mol. The van der Waals surface area contributed by atoms with Crippen molar-refractivity contribution in [3.63, 3.8) is 0 Å². The van der Waals surface area contributed by atoms with Crippen LogP contribution < -0.4 is 10.1 Å². The van der Waals surface area contributed by atoms with Crippen molar-refractivity contribution in [2.75, 3.05) is 18.6 Å². The van der Waals surface area contributed by atoms with Crippen molar-refractivity contribution in [1.29, 1.82) is 0 Å². The van der Waals surface area contributed by atoms with Gasteiger partial charge in [0.1, 0.15) is 5.75 Å². The second-order valence-corrected chi connectivity index (χ2v) is 6.44. The van der Waals surface area contributed by atoms with Gasteiger partial charge in [0, 0.05) is 41.8 Å². The standard InChI is InChI=1S/C14H21NO2S/c1-11(6-8-18(2)16)15-10-12-3-4-14-13(9-12)5-7-17-14/h3-4,9,11,15H,5-8,10H2,1-2H3. The summed E-state index contributed by atoms with van der Waals surface area (Å²) in [4.78, 5) is 0. The van der Waals surface area contributed by atoms with Gasteiger partial charge in [-0.05, 0) is 30.5 Å². The van der Waals surface area contributed by atoms with E-state index in [1.807, 2.05) is 0 Å². The van der Waals surface area contributed by atoms with E-state index in [0.29, 0.717) is 6.04 Å². The van der Waals surface area contributed by atoms with Crippen molar-refractivity contribution in [3.8, 4) is 5.75 Å². The summed E-state index contributed by atoms with van der Waals surface area (Å²) in [5.74, 6) is 1.81. The molecule has 1 aliphatic rings. The summed E-state index contributed by atoms with van der Waals surface area (Å²) in [5, 5.41) is 3.47. The Bertz CT molecular complexity index is 434. The van der Waals surface area contributed by atoms with E-state index in [9.17, 15) is 4.21 Å². The monoisotopic (exact) mass is 267 g/mol. The van der Waals surface area contributed by atoms with Crippen molar-refractivity contribution in [1.82, 2.24) is 5.32 Å². The smallest absolute Gasteiger partial charge is 0.122 e. The van der Waals surface area contributed by atoms with Gasteiger partial charge in [-0.3, -0.25) is 4.21 Å². The zero-order valence-electron chi connectivity index (χ0n) is 11.1. The highest BCUT2D eigenvalue weighted by Gasteiger charge is 2.12. The summed E-state index contributed by atoms with van der Waals surface area (Å²) in [6.07, 6.45) is 3.73. The lowest BCUT2D eigenvalue weighted by molar-refractivity contribution is 0.357. The number of hydrogen-bond acceptors (Lipinski definition) is 3. The van der Waals surface area contributed by atoms with Gasteiger partial charge in [0.25, 0.3) is 0 Å². The highest BCUT2D eigenvalue weighted by molar-refractivity contribution is 7.84. The largest absolute Gasteiger partial charge is 0.493 e. The lowest BCUT2D eigenvalue weighted by atomic mass is 10.1. The first-order chi connectivity index (χ1) is 8.65. The highest BCUT2D eigenvalue weighted by atomic mass is 32.2. The van der Waals surface area contributed by atoms with E-state index in [1.54, 1.807) is 6.26 Å². The zero-order chi connectivity index (χ0) is 13.0. The molecule has 0 saturated heterocycles. The van der Waals surface area contributed by atoms with Gasteiger partial charge in [0.05, 0.1) is 6.61 Å². The molecule has 0 fully saturated rings. The van der Waals surface area contributed by atoms with Crippen molar-refractivity contribution in [2.24, 2.45) is 0 Å². The predicted octanol–water partition coefficient (Wildman–Crippen LogP) is 1.87. The Hall–Kier alpha value is -0.870. The van der Waals surface area contributed by atoms with Gasteiger partial charge in [-0.25, -0.2) is 0 Å². The van der Waals surface area contributed by atoms with Gasteiger partial charge in [0.15, 0.2) is 0 Å². The Morgan fingerprint density at radius 1 is 1.50 bits per heavy atom. The van der Waals surface area contributed by atoms with Crippen LogP contribution >= 0.6 is 0 Å². The van der Waals surface area contributed by atoms with E-state index in [0.717, 1.165) is 37.5 Å². The quantitative estimate of drug-likeness (QED) is 0.855. The van der Waals surface area contributed by atoms with Crippen molar-refractivity contribution < 1.29 is 8.95 Å². The first kappa shape index (κ1) is 13.6. The Labute approximate surface area is 111 Å². The topological polar surface area (TPSA) is 38.3 Å². The van der Waals surface area contributed by atoms with Crippen LogP contribution in [0.25, 0.3) is 0 Å². The van der Waals surface area contributed by atoms with Gasteiger partial charge < -0.3 is 10.1 Å². The molecule has 0 spiro atoms. The average molecular weight is 267 g/mol. The average Bonchev–Trinajstić information content (AvgIpc) is 2.81. The maximum atomic E-state index is 11.0. The molecular formula is C14H21NO2S. The van der Waals surface area contributed by atoms with Crippen LogP contribution in [0.5, 0.6) is 5.75 Å². The van der Waals surface area contributed by atoms with Crippen LogP contribution in [-0.4, -0.2) is 28.9 Å². The highest BCUT2D eigenvalue weighted by Crippen LogP contribution is 2.25. The number of nitrogens with one attached hydrogen (secondary N) is 1. The summed E-state index contributed by atoms with van der Waals surface area (Å²) in [7, 11) is -0.691. The number of rotatable bonds is 6. The van der Waals surface area contributed by atoms with Gasteiger partial charge in [-0.2, -0.15) is 0 Å². The molecule has 0 amide bonds. The number of ether oxygens (including phenoxy) is 1. The third kappa shape index (κ3) is 3.82. The molecule has 0 aliphatic carbocycles. The minimum absolute atomic E-state index is 0.401. The molecule has 100 valence electrons. The summed E-state index contributed by atoms with van der Waals surface area (Å²) < 4.78 is 16.5. The van der Waals surface area contributed by atoms with E-state index in [4.69, 9.17) is 4.74 Å². The molecule has 4 heteroatoms. The molecule has 1 aromatic rings. The molecule has 2 rings (SSSR count). The maximum Gasteiger partial charge on any atom is 0.122 e. The molecule has 18 heavy (non-hydrogen) atoms. The van der Waals surface area contributed by atoms with Gasteiger partial charge in [0.2, 0.25) is 0 Å². The molecule has 1 heterocycles. The molecule has 0 radical (unpaired) electrons. The molecule has 0 bridgehead atoms. The van der Waals surface area contributed by atoms with Crippen LogP contribution in [0.3, 0.4) is 0 Å². The predicted molar refractivity (Wildman–Crippen MR) is 75.5 cm³/mol. The number of fused-ring (bicyclic) bond motifs is 1. The maximum absolute atomic E-state index is 11.0. The van der Waals surface area contributed by atoms with E-state index in [2.05, 4.69) is 30.4 Å². The summed E-state index contributed by atoms with van der Waals surface area (Å²) in [6.45, 7) is 3.82. The van der Waals surface area contributed by atoms with E-state index < -0.39 is 10.8 Å². The fourth-order valence-corrected chi connectivity index (χ4v) is 2.77. The normalized spacial score (nSPS) is 17.0. The third-order valence-electron chi connectivity index (χ3n) is 3.25. The molecule has 2 unspecified atom stereocenters. The van der Waals surface area contributed by atoms with Crippen LogP contribution in [0.2, 0.25) is 0 Å². The Morgan fingerprint density at radius 2 is 2.33 bits per heavy atom. The molecule has 0 saturated carbocycles.